The lowest BCUT2D eigenvalue weighted by molar-refractivity contribution is -0.188. The van der Waals surface area contributed by atoms with Gasteiger partial charge in [0.15, 0.2) is 5.60 Å². The van der Waals surface area contributed by atoms with Crippen LogP contribution >= 0.6 is 11.6 Å². The molecule has 0 aromatic heterocycles. The number of benzene rings is 2. The van der Waals surface area contributed by atoms with E-state index in [0.29, 0.717) is 15.6 Å². The van der Waals surface area contributed by atoms with Crippen molar-refractivity contribution < 1.29 is 15.1 Å². The zero-order valence-electron chi connectivity index (χ0n) is 11.5. The van der Waals surface area contributed by atoms with E-state index in [-0.39, 0.29) is 6.54 Å². The molecule has 0 spiro atoms. The predicted molar refractivity (Wildman–Crippen MR) is 79.8 cm³/mol. The molecule has 0 aliphatic carbocycles. The number of aliphatic hydroxyl groups is 1. The molecule has 0 saturated carbocycles. The molecule has 0 saturated heterocycles. The second-order valence-electron chi connectivity index (χ2n) is 4.93. The summed E-state index contributed by atoms with van der Waals surface area (Å²) in [6.07, 6.45) is 0. The summed E-state index contributed by atoms with van der Waals surface area (Å²) in [6, 6.07) is 15.3. The Bertz CT molecular complexity index is 611. The van der Waals surface area contributed by atoms with Crippen molar-refractivity contribution in [3.05, 3.63) is 70.7 Å². The average Bonchev–Trinajstić information content (AvgIpc) is 2.48. The van der Waals surface area contributed by atoms with E-state index in [4.69, 9.17) is 11.6 Å². The smallest absolute Gasteiger partial charge is 0.282 e. The second kappa shape index (κ2) is 6.26. The fraction of sp³-hybridized carbons (Fsp3) is 0.188. The Morgan fingerprint density at radius 2 is 1.71 bits per heavy atom. The lowest BCUT2D eigenvalue weighted by atomic mass is 9.95. The van der Waals surface area contributed by atoms with E-state index in [0.717, 1.165) is 5.56 Å². The molecule has 1 amide bonds. The molecule has 5 heteroatoms. The first-order valence-corrected chi connectivity index (χ1v) is 6.82. The van der Waals surface area contributed by atoms with Crippen molar-refractivity contribution in [3.63, 3.8) is 0 Å². The summed E-state index contributed by atoms with van der Waals surface area (Å²) in [4.78, 5) is 12.2. The van der Waals surface area contributed by atoms with Gasteiger partial charge in [-0.25, -0.2) is 5.06 Å². The van der Waals surface area contributed by atoms with Gasteiger partial charge in [0.2, 0.25) is 0 Å². The maximum absolute atomic E-state index is 12.2. The van der Waals surface area contributed by atoms with Crippen LogP contribution in [0.15, 0.2) is 54.6 Å². The number of hydrogen-bond donors (Lipinski definition) is 2. The molecule has 0 radical (unpaired) electrons. The third kappa shape index (κ3) is 3.61. The van der Waals surface area contributed by atoms with Crippen LogP contribution < -0.4 is 0 Å². The Balaban J connectivity index is 2.15. The third-order valence-electron chi connectivity index (χ3n) is 3.23. The molecular formula is C16H16ClNO3. The van der Waals surface area contributed by atoms with Gasteiger partial charge in [0.1, 0.15) is 0 Å². The topological polar surface area (TPSA) is 60.8 Å². The minimum absolute atomic E-state index is 0.00339. The molecule has 110 valence electrons. The van der Waals surface area contributed by atoms with Crippen molar-refractivity contribution in [2.24, 2.45) is 0 Å². The fourth-order valence-corrected chi connectivity index (χ4v) is 2.10. The SMILES string of the molecule is CC(O)(C(=O)N(O)Cc1ccccc1)c1ccc(Cl)cc1. The molecule has 2 aromatic rings. The van der Waals surface area contributed by atoms with Gasteiger partial charge in [-0.05, 0) is 30.2 Å². The van der Waals surface area contributed by atoms with Gasteiger partial charge in [0, 0.05) is 5.02 Å². The van der Waals surface area contributed by atoms with Gasteiger partial charge in [-0.15, -0.1) is 0 Å². The number of halogens is 1. The van der Waals surface area contributed by atoms with E-state index in [1.807, 2.05) is 18.2 Å². The van der Waals surface area contributed by atoms with Crippen molar-refractivity contribution in [2.75, 3.05) is 0 Å². The first-order chi connectivity index (χ1) is 9.91. The number of hydroxylamine groups is 2. The fourth-order valence-electron chi connectivity index (χ4n) is 1.98. The highest BCUT2D eigenvalue weighted by Crippen LogP contribution is 2.25. The maximum atomic E-state index is 12.2. The van der Waals surface area contributed by atoms with Crippen LogP contribution in [0.2, 0.25) is 5.02 Å². The van der Waals surface area contributed by atoms with Crippen molar-refractivity contribution in [3.8, 4) is 0 Å². The van der Waals surface area contributed by atoms with Crippen LogP contribution in [0.25, 0.3) is 0 Å². The number of carbonyl (C=O) groups excluding carboxylic acids is 1. The highest BCUT2D eigenvalue weighted by Gasteiger charge is 2.36. The zero-order chi connectivity index (χ0) is 15.5. The van der Waals surface area contributed by atoms with Crippen molar-refractivity contribution in [1.82, 2.24) is 5.06 Å². The zero-order valence-corrected chi connectivity index (χ0v) is 12.3. The summed E-state index contributed by atoms with van der Waals surface area (Å²) < 4.78 is 0. The molecule has 2 N–H and O–H groups in total. The molecule has 1 atom stereocenters. The quantitative estimate of drug-likeness (QED) is 0.674. The first kappa shape index (κ1) is 15.5. The van der Waals surface area contributed by atoms with Crippen LogP contribution in [0.1, 0.15) is 18.1 Å². The highest BCUT2D eigenvalue weighted by atomic mass is 35.5. The van der Waals surface area contributed by atoms with E-state index in [2.05, 4.69) is 0 Å². The van der Waals surface area contributed by atoms with Crippen LogP contribution in [0.3, 0.4) is 0 Å². The van der Waals surface area contributed by atoms with Crippen LogP contribution in [0.5, 0.6) is 0 Å². The van der Waals surface area contributed by atoms with Gasteiger partial charge < -0.3 is 5.11 Å². The Kier molecular flexibility index (Phi) is 4.63. The summed E-state index contributed by atoms with van der Waals surface area (Å²) in [7, 11) is 0. The maximum Gasteiger partial charge on any atom is 0.282 e. The molecule has 1 unspecified atom stereocenters. The number of nitrogens with zero attached hydrogens (tertiary/aromatic N) is 1. The molecule has 2 rings (SSSR count). The van der Waals surface area contributed by atoms with Crippen LogP contribution in [-0.4, -0.2) is 21.3 Å². The highest BCUT2D eigenvalue weighted by molar-refractivity contribution is 6.30. The summed E-state index contributed by atoms with van der Waals surface area (Å²) in [5.41, 5.74) is -0.696. The Hall–Kier alpha value is -1.88. The van der Waals surface area contributed by atoms with Crippen molar-refractivity contribution in [1.29, 1.82) is 0 Å². The van der Waals surface area contributed by atoms with Crippen molar-refractivity contribution >= 4 is 17.5 Å². The normalized spacial score (nSPS) is 13.5. The van der Waals surface area contributed by atoms with Gasteiger partial charge in [-0.1, -0.05) is 54.1 Å². The molecule has 0 aliphatic heterocycles. The Labute approximate surface area is 128 Å². The van der Waals surface area contributed by atoms with Gasteiger partial charge in [0.05, 0.1) is 6.54 Å². The molecule has 2 aromatic carbocycles. The number of hydrogen-bond acceptors (Lipinski definition) is 3. The molecule has 0 aliphatic rings. The number of rotatable bonds is 4. The van der Waals surface area contributed by atoms with Crippen LogP contribution in [-0.2, 0) is 16.9 Å². The Morgan fingerprint density at radius 3 is 2.29 bits per heavy atom. The van der Waals surface area contributed by atoms with E-state index in [9.17, 15) is 15.1 Å². The van der Waals surface area contributed by atoms with E-state index >= 15 is 0 Å². The van der Waals surface area contributed by atoms with Gasteiger partial charge in [-0.3, -0.25) is 10.0 Å². The second-order valence-corrected chi connectivity index (χ2v) is 5.36. The van der Waals surface area contributed by atoms with Crippen LogP contribution in [0, 0.1) is 0 Å². The predicted octanol–water partition coefficient (Wildman–Crippen LogP) is 2.97. The molecule has 0 heterocycles. The molecule has 0 fully saturated rings. The molecule has 21 heavy (non-hydrogen) atoms. The van der Waals surface area contributed by atoms with E-state index in [1.165, 1.54) is 6.92 Å². The third-order valence-corrected chi connectivity index (χ3v) is 3.48. The number of carbonyl (C=O) groups is 1. The summed E-state index contributed by atoms with van der Waals surface area (Å²) in [5.74, 6) is -0.798. The standard InChI is InChI=1S/C16H16ClNO3/c1-16(20,13-7-9-14(17)10-8-13)15(19)18(21)11-12-5-3-2-4-6-12/h2-10,20-21H,11H2,1H3. The summed E-state index contributed by atoms with van der Waals surface area (Å²) in [5, 5.41) is 21.3. The summed E-state index contributed by atoms with van der Waals surface area (Å²) >= 11 is 5.78. The minimum atomic E-state index is -1.83. The molecule has 0 bridgehead atoms. The lowest BCUT2D eigenvalue weighted by Gasteiger charge is -2.27. The van der Waals surface area contributed by atoms with E-state index < -0.39 is 11.5 Å². The van der Waals surface area contributed by atoms with E-state index in [1.54, 1.807) is 36.4 Å². The summed E-state index contributed by atoms with van der Waals surface area (Å²) in [6.45, 7) is 1.34. The first-order valence-electron chi connectivity index (χ1n) is 6.44. The monoisotopic (exact) mass is 305 g/mol. The number of amides is 1. The molecule has 4 nitrogen and oxygen atoms in total. The van der Waals surface area contributed by atoms with Crippen molar-refractivity contribution in [2.45, 2.75) is 19.1 Å². The van der Waals surface area contributed by atoms with Crippen LogP contribution in [0.4, 0.5) is 0 Å². The lowest BCUT2D eigenvalue weighted by Crippen LogP contribution is -2.43. The largest absolute Gasteiger partial charge is 0.375 e. The average molecular weight is 306 g/mol. The van der Waals surface area contributed by atoms with Gasteiger partial charge in [-0.2, -0.15) is 0 Å². The Morgan fingerprint density at radius 1 is 1.14 bits per heavy atom. The molecular weight excluding hydrogens is 290 g/mol. The van der Waals surface area contributed by atoms with Gasteiger partial charge >= 0.3 is 0 Å². The minimum Gasteiger partial charge on any atom is -0.375 e. The van der Waals surface area contributed by atoms with Gasteiger partial charge in [0.25, 0.3) is 5.91 Å².